The van der Waals surface area contributed by atoms with Crippen molar-refractivity contribution in [2.24, 2.45) is 0 Å². The van der Waals surface area contributed by atoms with Crippen LogP contribution in [0.5, 0.6) is 17.4 Å². The minimum atomic E-state index is -0.581. The number of nitrogens with zero attached hydrogens (tertiary/aromatic N) is 1. The molecule has 30 heavy (non-hydrogen) atoms. The number of ether oxygens (including phenoxy) is 3. The molecule has 0 bridgehead atoms. The van der Waals surface area contributed by atoms with E-state index in [4.69, 9.17) is 14.2 Å². The minimum absolute atomic E-state index is 0.0741. The molecule has 8 nitrogen and oxygen atoms in total. The summed E-state index contributed by atoms with van der Waals surface area (Å²) in [5.41, 5.74) is 3.19. The molecule has 1 aromatic carbocycles. The third kappa shape index (κ3) is 5.11. The lowest BCUT2D eigenvalue weighted by molar-refractivity contribution is 0.215. The Morgan fingerprint density at radius 1 is 1.20 bits per heavy atom. The van der Waals surface area contributed by atoms with Crippen molar-refractivity contribution in [3.63, 3.8) is 0 Å². The van der Waals surface area contributed by atoms with E-state index in [2.05, 4.69) is 20.6 Å². The van der Waals surface area contributed by atoms with Gasteiger partial charge >= 0.3 is 6.03 Å². The van der Waals surface area contributed by atoms with Gasteiger partial charge in [-0.1, -0.05) is 0 Å². The van der Waals surface area contributed by atoms with Gasteiger partial charge in [0.1, 0.15) is 24.7 Å². The number of hydrogen-bond donors (Lipinski definition) is 3. The topological polar surface area (TPSA) is 97.5 Å². The lowest BCUT2D eigenvalue weighted by atomic mass is 10.1. The summed E-state index contributed by atoms with van der Waals surface area (Å²) in [6.45, 7) is 3.06. The summed E-state index contributed by atoms with van der Waals surface area (Å²) in [6, 6.07) is 6.81. The molecule has 0 aliphatic rings. The first-order valence-electron chi connectivity index (χ1n) is 9.53. The normalized spacial score (nSPS) is 10.7. The van der Waals surface area contributed by atoms with Crippen LogP contribution >= 0.6 is 0 Å². The van der Waals surface area contributed by atoms with E-state index in [0.717, 1.165) is 22.2 Å². The molecule has 0 aliphatic carbocycles. The summed E-state index contributed by atoms with van der Waals surface area (Å²) in [6.07, 6.45) is 2.09. The SMILES string of the molecule is CNC(=O)NCCc1c(C)[nH]c2ccc(OCCOc3cnc(OC)c(F)c3)cc12. The van der Waals surface area contributed by atoms with Gasteiger partial charge in [0.15, 0.2) is 5.82 Å². The highest BCUT2D eigenvalue weighted by molar-refractivity contribution is 5.86. The first-order chi connectivity index (χ1) is 14.5. The maximum absolute atomic E-state index is 13.6. The lowest BCUT2D eigenvalue weighted by Gasteiger charge is -2.09. The second kappa shape index (κ2) is 9.82. The molecule has 2 heterocycles. The number of nitrogens with one attached hydrogen (secondary N) is 3. The average molecular weight is 416 g/mol. The zero-order valence-electron chi connectivity index (χ0n) is 17.2. The van der Waals surface area contributed by atoms with E-state index in [1.165, 1.54) is 19.4 Å². The van der Waals surface area contributed by atoms with E-state index in [-0.39, 0.29) is 25.1 Å². The fourth-order valence-electron chi connectivity index (χ4n) is 3.12. The minimum Gasteiger partial charge on any atom is -0.490 e. The van der Waals surface area contributed by atoms with Gasteiger partial charge in [0, 0.05) is 36.3 Å². The van der Waals surface area contributed by atoms with Crippen LogP contribution in [0.15, 0.2) is 30.5 Å². The number of aromatic amines is 1. The van der Waals surface area contributed by atoms with Gasteiger partial charge in [0.05, 0.1) is 13.3 Å². The first kappa shape index (κ1) is 21.2. The van der Waals surface area contributed by atoms with Crippen LogP contribution in [0.25, 0.3) is 10.9 Å². The highest BCUT2D eigenvalue weighted by Gasteiger charge is 2.10. The molecular weight excluding hydrogens is 391 g/mol. The molecule has 2 aromatic heterocycles. The van der Waals surface area contributed by atoms with Crippen LogP contribution in [-0.4, -0.2) is 49.9 Å². The smallest absolute Gasteiger partial charge is 0.314 e. The molecule has 9 heteroatoms. The van der Waals surface area contributed by atoms with Crippen molar-refractivity contribution in [3.05, 3.63) is 47.5 Å². The van der Waals surface area contributed by atoms with E-state index in [0.29, 0.717) is 24.5 Å². The number of carbonyl (C=O) groups is 1. The van der Waals surface area contributed by atoms with Gasteiger partial charge in [-0.15, -0.1) is 0 Å². The number of amides is 2. The Balaban J connectivity index is 1.57. The van der Waals surface area contributed by atoms with Crippen molar-refractivity contribution in [3.8, 4) is 17.4 Å². The molecular formula is C21H25FN4O4. The number of methoxy groups -OCH3 is 1. The number of aromatic nitrogens is 2. The van der Waals surface area contributed by atoms with Gasteiger partial charge in [0.25, 0.3) is 0 Å². The van der Waals surface area contributed by atoms with Crippen molar-refractivity contribution in [2.45, 2.75) is 13.3 Å². The molecule has 0 atom stereocenters. The summed E-state index contributed by atoms with van der Waals surface area (Å²) in [7, 11) is 2.94. The molecule has 2 amide bonds. The Kier molecular flexibility index (Phi) is 6.95. The third-order valence-corrected chi connectivity index (χ3v) is 4.58. The van der Waals surface area contributed by atoms with Gasteiger partial charge in [-0.25, -0.2) is 14.2 Å². The predicted molar refractivity (Wildman–Crippen MR) is 111 cm³/mol. The number of aryl methyl sites for hydroxylation is 1. The second-order valence-electron chi connectivity index (χ2n) is 6.55. The number of hydrogen-bond acceptors (Lipinski definition) is 5. The predicted octanol–water partition coefficient (Wildman–Crippen LogP) is 2.95. The summed E-state index contributed by atoms with van der Waals surface area (Å²) >= 11 is 0. The molecule has 0 saturated heterocycles. The molecule has 0 aliphatic heterocycles. The van der Waals surface area contributed by atoms with Crippen molar-refractivity contribution in [1.29, 1.82) is 0 Å². The summed E-state index contributed by atoms with van der Waals surface area (Å²) in [4.78, 5) is 18.5. The number of rotatable bonds is 9. The molecule has 3 aromatic rings. The highest BCUT2D eigenvalue weighted by atomic mass is 19.1. The van der Waals surface area contributed by atoms with Crippen molar-refractivity contribution in [2.75, 3.05) is 33.9 Å². The van der Waals surface area contributed by atoms with Gasteiger partial charge in [-0.3, -0.25) is 0 Å². The van der Waals surface area contributed by atoms with Crippen LogP contribution in [0.1, 0.15) is 11.3 Å². The van der Waals surface area contributed by atoms with Crippen LogP contribution in [0.3, 0.4) is 0 Å². The van der Waals surface area contributed by atoms with Crippen LogP contribution in [-0.2, 0) is 6.42 Å². The molecule has 0 saturated carbocycles. The molecule has 0 fully saturated rings. The molecule has 3 rings (SSSR count). The number of fused-ring (bicyclic) bond motifs is 1. The van der Waals surface area contributed by atoms with Crippen molar-refractivity contribution >= 4 is 16.9 Å². The lowest BCUT2D eigenvalue weighted by Crippen LogP contribution is -2.34. The Morgan fingerprint density at radius 3 is 2.67 bits per heavy atom. The van der Waals surface area contributed by atoms with Gasteiger partial charge in [-0.2, -0.15) is 0 Å². The number of H-pyrrole nitrogens is 1. The number of halogens is 1. The summed E-state index contributed by atoms with van der Waals surface area (Å²) in [5, 5.41) is 6.38. The van der Waals surface area contributed by atoms with E-state index in [9.17, 15) is 9.18 Å². The number of carbonyl (C=O) groups excluding carboxylic acids is 1. The van der Waals surface area contributed by atoms with Gasteiger partial charge < -0.3 is 29.8 Å². The molecule has 0 unspecified atom stereocenters. The molecule has 160 valence electrons. The monoisotopic (exact) mass is 416 g/mol. The zero-order chi connectivity index (χ0) is 21.5. The Morgan fingerprint density at radius 2 is 1.97 bits per heavy atom. The molecule has 0 radical (unpaired) electrons. The molecule has 3 N–H and O–H groups in total. The fourth-order valence-corrected chi connectivity index (χ4v) is 3.12. The third-order valence-electron chi connectivity index (χ3n) is 4.58. The first-order valence-corrected chi connectivity index (χ1v) is 9.53. The Hall–Kier alpha value is -3.49. The number of urea groups is 1. The van der Waals surface area contributed by atoms with Crippen LogP contribution < -0.4 is 24.8 Å². The van der Waals surface area contributed by atoms with Gasteiger partial charge in [0.2, 0.25) is 5.88 Å². The fraction of sp³-hybridized carbons (Fsp3) is 0.333. The van der Waals surface area contributed by atoms with Gasteiger partial charge in [-0.05, 0) is 37.1 Å². The summed E-state index contributed by atoms with van der Waals surface area (Å²) < 4.78 is 29.7. The van der Waals surface area contributed by atoms with E-state index in [1.54, 1.807) is 7.05 Å². The highest BCUT2D eigenvalue weighted by Crippen LogP contribution is 2.27. The Bertz CT molecular complexity index is 1020. The molecule has 0 spiro atoms. The average Bonchev–Trinajstić information content (AvgIpc) is 3.05. The number of pyridine rings is 1. The largest absolute Gasteiger partial charge is 0.490 e. The van der Waals surface area contributed by atoms with Crippen LogP contribution in [0.4, 0.5) is 9.18 Å². The second-order valence-corrected chi connectivity index (χ2v) is 6.55. The van der Waals surface area contributed by atoms with E-state index < -0.39 is 5.82 Å². The zero-order valence-corrected chi connectivity index (χ0v) is 17.2. The standard InChI is InChI=1S/C21H25FN4O4/c1-13-16(6-7-24-21(27)23-2)17-10-14(4-5-19(17)26-13)29-8-9-30-15-11-18(22)20(28-3)25-12-15/h4-5,10-12,26H,6-9H2,1-3H3,(H2,23,24,27). The quantitative estimate of drug-likeness (QED) is 0.466. The van der Waals surface area contributed by atoms with Crippen molar-refractivity contribution in [1.82, 2.24) is 20.6 Å². The maximum Gasteiger partial charge on any atom is 0.314 e. The van der Waals surface area contributed by atoms with Crippen molar-refractivity contribution < 1.29 is 23.4 Å². The van der Waals surface area contributed by atoms with Crippen LogP contribution in [0.2, 0.25) is 0 Å². The van der Waals surface area contributed by atoms with E-state index in [1.807, 2.05) is 25.1 Å². The van der Waals surface area contributed by atoms with Crippen LogP contribution in [0, 0.1) is 12.7 Å². The summed E-state index contributed by atoms with van der Waals surface area (Å²) in [5.74, 6) is 0.349. The maximum atomic E-state index is 13.6. The Labute approximate surface area is 173 Å². The van der Waals surface area contributed by atoms with E-state index >= 15 is 0 Å². The number of benzene rings is 1.